The number of anilines is 1. The summed E-state index contributed by atoms with van der Waals surface area (Å²) in [5.74, 6) is -0.502. The van der Waals surface area contributed by atoms with Crippen molar-refractivity contribution >= 4 is 62.3 Å². The number of carbonyl (C=O) groups excluding carboxylic acids is 2. The van der Waals surface area contributed by atoms with E-state index in [1.807, 2.05) is 44.2 Å². The maximum absolute atomic E-state index is 14.6. The number of nitrogens with zero attached hydrogens (tertiary/aromatic N) is 2. The SMILES string of the molecule is CC[C@H](C)NC(=O)[C@H](Cc1ccccc1)N(Cc1ccc(Cl)c(Cl)c1)C(=O)CN(c1ccc(Cl)cc1)S(=O)(=O)c1ccc(OC)cc1. The number of halogens is 3. The van der Waals surface area contributed by atoms with Crippen LogP contribution in [-0.2, 0) is 32.6 Å². The molecule has 12 heteroatoms. The lowest BCUT2D eigenvalue weighted by Crippen LogP contribution is -2.54. The van der Waals surface area contributed by atoms with Crippen molar-refractivity contribution in [1.29, 1.82) is 0 Å². The Morgan fingerprint density at radius 2 is 1.51 bits per heavy atom. The average molecular weight is 717 g/mol. The van der Waals surface area contributed by atoms with Crippen LogP contribution in [0.4, 0.5) is 5.69 Å². The van der Waals surface area contributed by atoms with Crippen LogP contribution in [0.1, 0.15) is 31.4 Å². The fourth-order valence-electron chi connectivity index (χ4n) is 4.84. The van der Waals surface area contributed by atoms with Crippen LogP contribution in [0.3, 0.4) is 0 Å². The number of hydrogen-bond donors (Lipinski definition) is 1. The third-order valence-corrected chi connectivity index (χ3v) is 10.4. The number of ether oxygens (including phenoxy) is 1. The summed E-state index contributed by atoms with van der Waals surface area (Å²) in [6, 6.07) is 25.1. The van der Waals surface area contributed by atoms with Gasteiger partial charge in [0.15, 0.2) is 0 Å². The van der Waals surface area contributed by atoms with Crippen LogP contribution in [0.25, 0.3) is 0 Å². The highest BCUT2D eigenvalue weighted by molar-refractivity contribution is 7.92. The van der Waals surface area contributed by atoms with E-state index in [9.17, 15) is 18.0 Å². The molecular weight excluding hydrogens is 681 g/mol. The minimum absolute atomic E-state index is 0.0435. The quantitative estimate of drug-likeness (QED) is 0.147. The zero-order valence-electron chi connectivity index (χ0n) is 26.2. The van der Waals surface area contributed by atoms with Gasteiger partial charge in [0.2, 0.25) is 11.8 Å². The monoisotopic (exact) mass is 715 g/mol. The molecule has 2 amide bonds. The van der Waals surface area contributed by atoms with Crippen LogP contribution in [0.5, 0.6) is 5.75 Å². The summed E-state index contributed by atoms with van der Waals surface area (Å²) in [4.78, 5) is 29.8. The number of benzene rings is 4. The molecule has 8 nitrogen and oxygen atoms in total. The van der Waals surface area contributed by atoms with E-state index >= 15 is 0 Å². The van der Waals surface area contributed by atoms with Crippen molar-refractivity contribution in [2.24, 2.45) is 0 Å². The highest BCUT2D eigenvalue weighted by Crippen LogP contribution is 2.28. The predicted octanol–water partition coefficient (Wildman–Crippen LogP) is 7.41. The van der Waals surface area contributed by atoms with E-state index < -0.39 is 28.5 Å². The number of rotatable bonds is 14. The standard InChI is InChI=1S/C35H36Cl3N3O5S/c1-4-24(2)39-35(43)33(21-25-8-6-5-7-9-25)40(22-26-10-19-31(37)32(38)20-26)34(42)23-41(28-13-11-27(36)12-14-28)47(44,45)30-17-15-29(46-3)16-18-30/h5-20,24,33H,4,21-23H2,1-3H3,(H,39,43)/t24-,33-/m0/s1. The van der Waals surface area contributed by atoms with E-state index in [2.05, 4.69) is 5.32 Å². The Morgan fingerprint density at radius 3 is 2.11 bits per heavy atom. The number of nitrogens with one attached hydrogen (secondary N) is 1. The summed E-state index contributed by atoms with van der Waals surface area (Å²) in [6.07, 6.45) is 0.858. The molecule has 4 aromatic rings. The molecule has 4 rings (SSSR count). The molecule has 0 radical (unpaired) electrons. The first-order valence-corrected chi connectivity index (χ1v) is 17.5. The van der Waals surface area contributed by atoms with E-state index in [1.165, 1.54) is 48.4 Å². The van der Waals surface area contributed by atoms with Crippen molar-refractivity contribution in [3.63, 3.8) is 0 Å². The Labute approximate surface area is 291 Å². The summed E-state index contributed by atoms with van der Waals surface area (Å²) in [6.45, 7) is 3.17. The topological polar surface area (TPSA) is 96.0 Å². The maximum atomic E-state index is 14.6. The number of amides is 2. The zero-order chi connectivity index (χ0) is 34.1. The van der Waals surface area contributed by atoms with Gasteiger partial charge in [-0.1, -0.05) is 78.1 Å². The van der Waals surface area contributed by atoms with E-state index in [0.29, 0.717) is 27.8 Å². The van der Waals surface area contributed by atoms with Crippen molar-refractivity contribution < 1.29 is 22.7 Å². The van der Waals surface area contributed by atoms with Crippen molar-refractivity contribution in [3.05, 3.63) is 123 Å². The van der Waals surface area contributed by atoms with Crippen molar-refractivity contribution in [2.75, 3.05) is 18.0 Å². The predicted molar refractivity (Wildman–Crippen MR) is 188 cm³/mol. The lowest BCUT2D eigenvalue weighted by atomic mass is 10.0. The molecule has 248 valence electrons. The van der Waals surface area contributed by atoms with E-state index in [4.69, 9.17) is 39.5 Å². The van der Waals surface area contributed by atoms with Gasteiger partial charge in [0.25, 0.3) is 10.0 Å². The molecule has 4 aromatic carbocycles. The molecule has 0 saturated carbocycles. The Bertz CT molecular complexity index is 1770. The zero-order valence-corrected chi connectivity index (χ0v) is 29.3. The van der Waals surface area contributed by atoms with Crippen molar-refractivity contribution in [1.82, 2.24) is 10.2 Å². The lowest BCUT2D eigenvalue weighted by Gasteiger charge is -2.34. The van der Waals surface area contributed by atoms with Gasteiger partial charge in [-0.15, -0.1) is 0 Å². The summed E-state index contributed by atoms with van der Waals surface area (Å²) < 4.78 is 34.5. The van der Waals surface area contributed by atoms with Gasteiger partial charge in [-0.2, -0.15) is 0 Å². The molecule has 0 spiro atoms. The van der Waals surface area contributed by atoms with Gasteiger partial charge in [0.05, 0.1) is 27.7 Å². The van der Waals surface area contributed by atoms with E-state index in [0.717, 1.165) is 9.87 Å². The molecule has 0 aliphatic rings. The summed E-state index contributed by atoms with van der Waals surface area (Å²) in [5.41, 5.74) is 1.65. The average Bonchev–Trinajstić information content (AvgIpc) is 3.07. The van der Waals surface area contributed by atoms with Gasteiger partial charge >= 0.3 is 0 Å². The summed E-state index contributed by atoms with van der Waals surface area (Å²) in [7, 11) is -2.81. The molecule has 0 aromatic heterocycles. The molecule has 0 heterocycles. The van der Waals surface area contributed by atoms with Crippen LogP contribution in [0.2, 0.25) is 15.1 Å². The first kappa shape index (κ1) is 36.1. The van der Waals surface area contributed by atoms with Gasteiger partial charge in [-0.3, -0.25) is 13.9 Å². The van der Waals surface area contributed by atoms with Crippen LogP contribution >= 0.6 is 34.8 Å². The smallest absolute Gasteiger partial charge is 0.264 e. The van der Waals surface area contributed by atoms with Crippen LogP contribution < -0.4 is 14.4 Å². The molecule has 0 aliphatic heterocycles. The number of sulfonamides is 1. The molecule has 0 unspecified atom stereocenters. The van der Waals surface area contributed by atoms with Crippen molar-refractivity contribution in [3.8, 4) is 5.75 Å². The second-order valence-electron chi connectivity index (χ2n) is 11.0. The highest BCUT2D eigenvalue weighted by atomic mass is 35.5. The largest absolute Gasteiger partial charge is 0.497 e. The lowest BCUT2D eigenvalue weighted by molar-refractivity contribution is -0.140. The molecule has 0 aliphatic carbocycles. The van der Waals surface area contributed by atoms with Crippen molar-refractivity contribution in [2.45, 2.75) is 50.2 Å². The van der Waals surface area contributed by atoms with Gasteiger partial charge in [0.1, 0.15) is 18.3 Å². The van der Waals surface area contributed by atoms with Crippen LogP contribution in [0.15, 0.2) is 102 Å². The molecule has 1 N–H and O–H groups in total. The highest BCUT2D eigenvalue weighted by Gasteiger charge is 2.35. The first-order valence-electron chi connectivity index (χ1n) is 14.9. The number of hydrogen-bond acceptors (Lipinski definition) is 5. The minimum atomic E-state index is -4.29. The molecule has 0 bridgehead atoms. The summed E-state index contributed by atoms with van der Waals surface area (Å²) >= 11 is 18.7. The van der Waals surface area contributed by atoms with Gasteiger partial charge < -0.3 is 15.0 Å². The normalized spacial score (nSPS) is 12.6. The Hall–Kier alpha value is -3.76. The first-order chi connectivity index (χ1) is 22.4. The summed E-state index contributed by atoms with van der Waals surface area (Å²) in [5, 5.41) is 4.03. The van der Waals surface area contributed by atoms with Gasteiger partial charge in [0, 0.05) is 24.0 Å². The van der Waals surface area contributed by atoms with Crippen LogP contribution in [0, 0.1) is 0 Å². The third-order valence-electron chi connectivity index (χ3n) is 7.65. The molecular formula is C35H36Cl3N3O5S. The van der Waals surface area contributed by atoms with Crippen LogP contribution in [-0.4, -0.2) is 50.9 Å². The minimum Gasteiger partial charge on any atom is -0.497 e. The third kappa shape index (κ3) is 9.41. The molecule has 2 atom stereocenters. The Morgan fingerprint density at radius 1 is 0.851 bits per heavy atom. The molecule has 0 saturated heterocycles. The van der Waals surface area contributed by atoms with E-state index in [-0.39, 0.29) is 40.5 Å². The fraction of sp³-hybridized carbons (Fsp3) is 0.257. The Kier molecular flexibility index (Phi) is 12.6. The fourth-order valence-corrected chi connectivity index (χ4v) is 6.70. The molecule has 0 fully saturated rings. The number of methoxy groups -OCH3 is 1. The van der Waals surface area contributed by atoms with E-state index in [1.54, 1.807) is 30.3 Å². The second kappa shape index (κ2) is 16.4. The maximum Gasteiger partial charge on any atom is 0.264 e. The van der Waals surface area contributed by atoms with Gasteiger partial charge in [-0.05, 0) is 85.1 Å². The second-order valence-corrected chi connectivity index (χ2v) is 14.1. The number of carbonyl (C=O) groups is 2. The Balaban J connectivity index is 1.82. The molecule has 47 heavy (non-hydrogen) atoms. The van der Waals surface area contributed by atoms with Gasteiger partial charge in [-0.25, -0.2) is 8.42 Å².